The second kappa shape index (κ2) is 9.37. The van der Waals surface area contributed by atoms with Crippen molar-refractivity contribution < 1.29 is 9.47 Å². The number of hydrogen-bond donors (Lipinski definition) is 1. The lowest BCUT2D eigenvalue weighted by Crippen LogP contribution is -2.33. The largest absolute Gasteiger partial charge is 0.493 e. The molecule has 1 aliphatic heterocycles. The second-order valence-corrected chi connectivity index (χ2v) is 8.45. The van der Waals surface area contributed by atoms with Crippen LogP contribution in [0.15, 0.2) is 30.6 Å². The Hall–Kier alpha value is -2.15. The maximum Gasteiger partial charge on any atom is 0.161 e. The van der Waals surface area contributed by atoms with Crippen LogP contribution in [0.25, 0.3) is 0 Å². The predicted octanol–water partition coefficient (Wildman–Crippen LogP) is 3.97. The van der Waals surface area contributed by atoms with Crippen molar-refractivity contribution in [2.45, 2.75) is 38.3 Å². The number of rotatable bonds is 7. The van der Waals surface area contributed by atoms with Gasteiger partial charge in [-0.1, -0.05) is 6.07 Å². The summed E-state index contributed by atoms with van der Waals surface area (Å²) in [6, 6.07) is 8.17. The lowest BCUT2D eigenvalue weighted by Gasteiger charge is -2.27. The van der Waals surface area contributed by atoms with Gasteiger partial charge in [0.1, 0.15) is 18.0 Å². The van der Waals surface area contributed by atoms with E-state index in [1.54, 1.807) is 13.4 Å². The number of hydrogen-bond acceptors (Lipinski definition) is 7. The number of nitrogens with zero attached hydrogens (tertiary/aromatic N) is 3. The monoisotopic (exact) mass is 400 g/mol. The first kappa shape index (κ1) is 19.2. The Morgan fingerprint density at radius 2 is 1.93 bits per heavy atom. The third kappa shape index (κ3) is 4.82. The van der Waals surface area contributed by atoms with Gasteiger partial charge >= 0.3 is 0 Å². The van der Waals surface area contributed by atoms with Gasteiger partial charge in [0.25, 0.3) is 0 Å². The third-order valence-electron chi connectivity index (χ3n) is 5.29. The smallest absolute Gasteiger partial charge is 0.161 e. The Bertz CT molecular complexity index is 777. The van der Waals surface area contributed by atoms with Crippen LogP contribution in [0.2, 0.25) is 0 Å². The number of benzene rings is 1. The summed E-state index contributed by atoms with van der Waals surface area (Å²) in [5, 5.41) is 3.42. The van der Waals surface area contributed by atoms with Crippen molar-refractivity contribution in [1.29, 1.82) is 0 Å². The SMILES string of the molecule is COc1ccc(CNc2cc(N3CCSCC3)ncn2)cc1OC1CCCC1. The fourth-order valence-corrected chi connectivity index (χ4v) is 4.61. The maximum atomic E-state index is 6.20. The number of methoxy groups -OCH3 is 1. The van der Waals surface area contributed by atoms with E-state index in [0.29, 0.717) is 12.6 Å². The molecule has 0 unspecified atom stereocenters. The first-order chi connectivity index (χ1) is 13.8. The summed E-state index contributed by atoms with van der Waals surface area (Å²) >= 11 is 2.00. The zero-order chi connectivity index (χ0) is 19.2. The van der Waals surface area contributed by atoms with Crippen LogP contribution in [0.4, 0.5) is 11.6 Å². The van der Waals surface area contributed by atoms with Gasteiger partial charge in [-0.2, -0.15) is 11.8 Å². The highest BCUT2D eigenvalue weighted by Gasteiger charge is 2.19. The maximum absolute atomic E-state index is 6.20. The summed E-state index contributed by atoms with van der Waals surface area (Å²) in [5.74, 6) is 5.78. The zero-order valence-electron chi connectivity index (χ0n) is 16.4. The third-order valence-corrected chi connectivity index (χ3v) is 6.23. The summed E-state index contributed by atoms with van der Waals surface area (Å²) in [5.41, 5.74) is 1.14. The summed E-state index contributed by atoms with van der Waals surface area (Å²) in [6.45, 7) is 2.76. The van der Waals surface area contributed by atoms with E-state index in [0.717, 1.165) is 66.1 Å². The van der Waals surface area contributed by atoms with E-state index in [2.05, 4.69) is 32.3 Å². The Morgan fingerprint density at radius 1 is 1.11 bits per heavy atom. The number of nitrogens with one attached hydrogen (secondary N) is 1. The molecule has 1 saturated carbocycles. The highest BCUT2D eigenvalue weighted by atomic mass is 32.2. The summed E-state index contributed by atoms with van der Waals surface area (Å²) < 4.78 is 11.7. The van der Waals surface area contributed by atoms with Crippen molar-refractivity contribution in [1.82, 2.24) is 9.97 Å². The predicted molar refractivity (Wildman–Crippen MR) is 115 cm³/mol. The van der Waals surface area contributed by atoms with Gasteiger partial charge in [-0.3, -0.25) is 0 Å². The quantitative estimate of drug-likeness (QED) is 0.754. The minimum absolute atomic E-state index is 0.309. The van der Waals surface area contributed by atoms with Gasteiger partial charge in [-0.25, -0.2) is 9.97 Å². The standard InChI is InChI=1S/C21H28N4O2S/c1-26-18-7-6-16(12-19(18)27-17-4-2-3-5-17)14-22-20-13-21(24-15-23-20)25-8-10-28-11-9-25/h6-7,12-13,15,17H,2-5,8-11,14H2,1H3,(H,22,23,24). The minimum atomic E-state index is 0.309. The van der Waals surface area contributed by atoms with Crippen LogP contribution in [-0.4, -0.2) is 47.8 Å². The van der Waals surface area contributed by atoms with Crippen molar-refractivity contribution in [2.24, 2.45) is 0 Å². The number of thioether (sulfide) groups is 1. The Morgan fingerprint density at radius 3 is 2.71 bits per heavy atom. The van der Waals surface area contributed by atoms with E-state index in [1.165, 1.54) is 12.8 Å². The van der Waals surface area contributed by atoms with Gasteiger partial charge < -0.3 is 19.7 Å². The molecule has 6 nitrogen and oxygen atoms in total. The van der Waals surface area contributed by atoms with Crippen molar-refractivity contribution in [2.75, 3.05) is 41.9 Å². The van der Waals surface area contributed by atoms with Gasteiger partial charge in [0.15, 0.2) is 11.5 Å². The summed E-state index contributed by atoms with van der Waals surface area (Å²) in [4.78, 5) is 11.1. The van der Waals surface area contributed by atoms with Crippen LogP contribution >= 0.6 is 11.8 Å². The molecule has 0 atom stereocenters. The minimum Gasteiger partial charge on any atom is -0.493 e. The molecule has 1 saturated heterocycles. The molecular weight excluding hydrogens is 372 g/mol. The van der Waals surface area contributed by atoms with Crippen molar-refractivity contribution in [3.63, 3.8) is 0 Å². The summed E-state index contributed by atoms with van der Waals surface area (Å²) in [6.07, 6.45) is 6.71. The van der Waals surface area contributed by atoms with Crippen molar-refractivity contribution in [3.05, 3.63) is 36.2 Å². The van der Waals surface area contributed by atoms with E-state index >= 15 is 0 Å². The molecule has 28 heavy (non-hydrogen) atoms. The molecule has 1 aliphatic carbocycles. The molecule has 2 fully saturated rings. The van der Waals surface area contributed by atoms with E-state index < -0.39 is 0 Å². The number of aromatic nitrogens is 2. The number of ether oxygens (including phenoxy) is 2. The average molecular weight is 401 g/mol. The van der Waals surface area contributed by atoms with Crippen LogP contribution in [0.3, 0.4) is 0 Å². The van der Waals surface area contributed by atoms with E-state index in [9.17, 15) is 0 Å². The molecule has 0 spiro atoms. The first-order valence-corrected chi connectivity index (χ1v) is 11.2. The fourth-order valence-electron chi connectivity index (χ4n) is 3.71. The van der Waals surface area contributed by atoms with Crippen molar-refractivity contribution >= 4 is 23.4 Å². The lowest BCUT2D eigenvalue weighted by atomic mass is 10.2. The van der Waals surface area contributed by atoms with Gasteiger partial charge in [0.2, 0.25) is 0 Å². The molecule has 1 aromatic heterocycles. The first-order valence-electron chi connectivity index (χ1n) is 10.0. The van der Waals surface area contributed by atoms with E-state index in [4.69, 9.17) is 9.47 Å². The molecule has 150 valence electrons. The van der Waals surface area contributed by atoms with Gasteiger partial charge in [0.05, 0.1) is 13.2 Å². The Labute approximate surface area is 171 Å². The van der Waals surface area contributed by atoms with Crippen LogP contribution in [0, 0.1) is 0 Å². The molecule has 1 aromatic carbocycles. The zero-order valence-corrected chi connectivity index (χ0v) is 17.2. The van der Waals surface area contributed by atoms with Gasteiger partial charge in [0, 0.05) is 37.2 Å². The van der Waals surface area contributed by atoms with Crippen LogP contribution < -0.4 is 19.7 Å². The molecule has 1 N–H and O–H groups in total. The molecule has 4 rings (SSSR count). The topological polar surface area (TPSA) is 59.5 Å². The molecule has 2 aromatic rings. The van der Waals surface area contributed by atoms with E-state index in [-0.39, 0.29) is 0 Å². The van der Waals surface area contributed by atoms with Crippen LogP contribution in [0.1, 0.15) is 31.2 Å². The highest BCUT2D eigenvalue weighted by Crippen LogP contribution is 2.32. The van der Waals surface area contributed by atoms with Crippen LogP contribution in [-0.2, 0) is 6.54 Å². The van der Waals surface area contributed by atoms with Gasteiger partial charge in [-0.05, 0) is 43.4 Å². The Kier molecular flexibility index (Phi) is 6.41. The molecule has 0 amide bonds. The molecule has 2 heterocycles. The molecule has 0 bridgehead atoms. The fraction of sp³-hybridized carbons (Fsp3) is 0.524. The van der Waals surface area contributed by atoms with Crippen LogP contribution in [0.5, 0.6) is 11.5 Å². The van der Waals surface area contributed by atoms with Gasteiger partial charge in [-0.15, -0.1) is 0 Å². The molecular formula is C21H28N4O2S. The number of anilines is 2. The summed E-state index contributed by atoms with van der Waals surface area (Å²) in [7, 11) is 1.69. The van der Waals surface area contributed by atoms with Crippen molar-refractivity contribution in [3.8, 4) is 11.5 Å². The average Bonchev–Trinajstić information content (AvgIpc) is 3.26. The normalized spacial score (nSPS) is 17.5. The molecule has 2 aliphatic rings. The Balaban J connectivity index is 1.41. The molecule has 0 radical (unpaired) electrons. The van der Waals surface area contributed by atoms with E-state index in [1.807, 2.05) is 23.9 Å². The molecule has 7 heteroatoms. The lowest BCUT2D eigenvalue weighted by molar-refractivity contribution is 0.200. The second-order valence-electron chi connectivity index (χ2n) is 7.22. The highest BCUT2D eigenvalue weighted by molar-refractivity contribution is 7.99.